The van der Waals surface area contributed by atoms with Gasteiger partial charge >= 0.3 is 5.97 Å². The Bertz CT molecular complexity index is 1800. The average molecular weight is 1040 g/mol. The van der Waals surface area contributed by atoms with Gasteiger partial charge in [-0.2, -0.15) is 0 Å². The molecule has 1 aromatic rings. The number of hydrogen-bond donors (Lipinski definition) is 8. The lowest BCUT2D eigenvalue weighted by molar-refractivity contribution is -0.318. The van der Waals surface area contributed by atoms with E-state index in [1.807, 2.05) is 81.9 Å². The molecule has 18 atom stereocenters. The molecule has 73 heavy (non-hydrogen) atoms. The number of aliphatic hydroxyl groups is 5. The Morgan fingerprint density at radius 3 is 2.03 bits per heavy atom. The van der Waals surface area contributed by atoms with Gasteiger partial charge in [0.25, 0.3) is 11.9 Å². The van der Waals surface area contributed by atoms with E-state index in [0.29, 0.717) is 45.3 Å². The highest BCUT2D eigenvalue weighted by molar-refractivity contribution is 5.76. The molecule has 3 aliphatic rings. The molecule has 0 spiro atoms. The number of ether oxygens (including phenoxy) is 6. The van der Waals surface area contributed by atoms with Crippen LogP contribution in [0.1, 0.15) is 127 Å². The molecule has 0 bridgehead atoms. The molecular formula is C53H93N3O17. The zero-order chi connectivity index (χ0) is 55.8. The minimum Gasteiger partial charge on any atom is -0.481 e. The van der Waals surface area contributed by atoms with Crippen LogP contribution in [0.5, 0.6) is 0 Å². The summed E-state index contributed by atoms with van der Waals surface area (Å²) in [5.41, 5.74) is -3.51. The number of carbonyl (C=O) groups is 4. The maximum Gasteiger partial charge on any atom is 0.311 e. The summed E-state index contributed by atoms with van der Waals surface area (Å²) >= 11 is 0. The van der Waals surface area contributed by atoms with E-state index in [-0.39, 0.29) is 43.2 Å². The maximum absolute atomic E-state index is 14.5. The van der Waals surface area contributed by atoms with E-state index in [9.17, 15) is 35.1 Å². The number of esters is 1. The zero-order valence-corrected chi connectivity index (χ0v) is 46.2. The van der Waals surface area contributed by atoms with Crippen LogP contribution in [0.25, 0.3) is 0 Å². The van der Waals surface area contributed by atoms with Crippen LogP contribution in [-0.2, 0) is 54.0 Å². The SMILES string of the molecule is CC(=O)O.CC(=O)O.CC[C@H]1OC(=O)[C@H](C)[C@@H](O[C@H]2C[C@@](C)(OC)[C@@H](O)[C@H](C)O2)[C@H](C)[C@@H](O[C@@H]2O[C@H](C)C[C@H](N(C)C)[C@H]2O)[C@](C)(O)C[C@@H](C)CN(CCCNC(=O)CCc2ccccc2)[C@H](C)[C@@H](O)[C@]1(C)O. The van der Waals surface area contributed by atoms with Crippen LogP contribution >= 0.6 is 0 Å². The number of nitrogens with zero attached hydrogens (tertiary/aromatic N) is 2. The maximum atomic E-state index is 14.5. The van der Waals surface area contributed by atoms with E-state index in [2.05, 4.69) is 5.32 Å². The number of aryl methyl sites for hydroxylation is 1. The largest absolute Gasteiger partial charge is 0.481 e. The second kappa shape index (κ2) is 29.8. The summed E-state index contributed by atoms with van der Waals surface area (Å²) in [6.45, 7) is 20.9. The normalized spacial score (nSPS) is 38.0. The lowest BCUT2D eigenvalue weighted by Crippen LogP contribution is -2.60. The van der Waals surface area contributed by atoms with Gasteiger partial charge in [-0.05, 0) is 106 Å². The van der Waals surface area contributed by atoms with Crippen molar-refractivity contribution in [2.45, 2.75) is 218 Å². The summed E-state index contributed by atoms with van der Waals surface area (Å²) in [5, 5.41) is 77.7. The molecule has 0 radical (unpaired) electrons. The van der Waals surface area contributed by atoms with Gasteiger partial charge < -0.3 is 74.4 Å². The summed E-state index contributed by atoms with van der Waals surface area (Å²) in [4.78, 5) is 49.3. The molecule has 3 aliphatic heterocycles. The summed E-state index contributed by atoms with van der Waals surface area (Å²) in [6, 6.07) is 8.86. The number of aliphatic carboxylic acids is 2. The van der Waals surface area contributed by atoms with Gasteiger partial charge in [0.1, 0.15) is 30.0 Å². The van der Waals surface area contributed by atoms with E-state index in [1.54, 1.807) is 34.6 Å². The van der Waals surface area contributed by atoms with Gasteiger partial charge in [-0.25, -0.2) is 0 Å². The number of hydrogen-bond acceptors (Lipinski definition) is 17. The number of carbonyl (C=O) groups excluding carboxylic acids is 2. The van der Waals surface area contributed by atoms with Crippen LogP contribution in [0.4, 0.5) is 0 Å². The number of aliphatic hydroxyl groups excluding tert-OH is 3. The fourth-order valence-corrected chi connectivity index (χ4v) is 10.4. The molecule has 20 heteroatoms. The average Bonchev–Trinajstić information content (AvgIpc) is 3.30. The molecule has 1 aromatic carbocycles. The van der Waals surface area contributed by atoms with Gasteiger partial charge in [-0.15, -0.1) is 0 Å². The van der Waals surface area contributed by atoms with Crippen LogP contribution in [-0.4, -0.2) is 200 Å². The van der Waals surface area contributed by atoms with E-state index in [1.165, 1.54) is 14.0 Å². The molecule has 422 valence electrons. The van der Waals surface area contributed by atoms with Gasteiger partial charge in [-0.3, -0.25) is 24.1 Å². The van der Waals surface area contributed by atoms with E-state index < -0.39 is 108 Å². The molecule has 8 N–H and O–H groups in total. The lowest BCUT2D eigenvalue weighted by atomic mass is 9.77. The van der Waals surface area contributed by atoms with Crippen molar-refractivity contribution in [1.29, 1.82) is 0 Å². The van der Waals surface area contributed by atoms with Crippen molar-refractivity contribution in [3.8, 4) is 0 Å². The Kier molecular flexibility index (Phi) is 26.8. The molecule has 3 fully saturated rings. The van der Waals surface area contributed by atoms with Crippen LogP contribution in [0.15, 0.2) is 30.3 Å². The standard InChI is InChI=1S/C49H85N3O13.2C2H4O2/c1-14-37-49(10,59)42(55)33(6)52(24-18-23-50-38(53)22-21-35-19-16-15-17-20-35)28-29(2)26-47(8,58)44(65-46-40(54)36(51(11)12)25-30(3)61-46)31(4)41(32(5)45(57)63-37)64-39-27-48(9,60-13)43(56)34(7)62-39;2*1-2(3)4/h15-17,19-20,29-34,36-37,39-44,46,54-56,58-59H,14,18,21-28H2,1-13H3,(H,50,53);2*1H3,(H,3,4)/t29-,30-,31+,32-,33-,34+,36+,37-,39+,40-,41+,42-,43+,44-,46+,47-,48-,49-;;/m1../s1. The molecule has 0 unspecified atom stereocenters. The van der Waals surface area contributed by atoms with Crippen molar-refractivity contribution in [1.82, 2.24) is 15.1 Å². The highest BCUT2D eigenvalue weighted by atomic mass is 16.7. The van der Waals surface area contributed by atoms with Gasteiger partial charge in [0, 0.05) is 71.4 Å². The van der Waals surface area contributed by atoms with Crippen LogP contribution in [0.3, 0.4) is 0 Å². The quantitative estimate of drug-likeness (QED) is 0.0976. The first-order valence-electron chi connectivity index (χ1n) is 25.8. The third-order valence-corrected chi connectivity index (χ3v) is 14.5. The number of amides is 1. The van der Waals surface area contributed by atoms with Gasteiger partial charge in [0.05, 0.1) is 41.5 Å². The number of rotatable bonds is 14. The van der Waals surface area contributed by atoms with Crippen molar-refractivity contribution < 1.29 is 83.3 Å². The Balaban J connectivity index is 0.00000212. The molecule has 4 rings (SSSR count). The van der Waals surface area contributed by atoms with Gasteiger partial charge in [0.2, 0.25) is 5.91 Å². The number of carboxylic acid groups (broad SMARTS) is 2. The molecule has 0 aliphatic carbocycles. The predicted molar refractivity (Wildman–Crippen MR) is 272 cm³/mol. The smallest absolute Gasteiger partial charge is 0.311 e. The van der Waals surface area contributed by atoms with E-state index in [4.69, 9.17) is 48.2 Å². The second-order valence-electron chi connectivity index (χ2n) is 21.4. The zero-order valence-electron chi connectivity index (χ0n) is 46.2. The fourth-order valence-electron chi connectivity index (χ4n) is 10.4. The Labute approximate surface area is 434 Å². The molecule has 3 heterocycles. The summed E-state index contributed by atoms with van der Waals surface area (Å²) in [7, 11) is 5.26. The molecule has 20 nitrogen and oxygen atoms in total. The fraction of sp³-hybridized carbons (Fsp3) is 0.811. The molecule has 1 amide bonds. The first kappa shape index (κ1) is 65.7. The molecule has 0 saturated carbocycles. The van der Waals surface area contributed by atoms with Crippen LogP contribution in [0, 0.1) is 17.8 Å². The first-order valence-corrected chi connectivity index (χ1v) is 25.8. The summed E-state index contributed by atoms with van der Waals surface area (Å²) < 4.78 is 38.0. The van der Waals surface area contributed by atoms with Crippen molar-refractivity contribution in [3.05, 3.63) is 35.9 Å². The van der Waals surface area contributed by atoms with E-state index >= 15 is 0 Å². The molecule has 0 aromatic heterocycles. The van der Waals surface area contributed by atoms with Crippen molar-refractivity contribution in [2.75, 3.05) is 40.8 Å². The number of nitrogens with one attached hydrogen (secondary N) is 1. The Hall–Kier alpha value is -3.38. The monoisotopic (exact) mass is 1040 g/mol. The van der Waals surface area contributed by atoms with Crippen LogP contribution < -0.4 is 5.32 Å². The second-order valence-corrected chi connectivity index (χ2v) is 21.4. The lowest BCUT2D eigenvalue weighted by Gasteiger charge is -2.48. The predicted octanol–water partition coefficient (Wildman–Crippen LogP) is 3.59. The minimum absolute atomic E-state index is 0.0659. The number of cyclic esters (lactones) is 1. The number of carboxylic acids is 2. The van der Waals surface area contributed by atoms with E-state index in [0.717, 1.165) is 19.4 Å². The van der Waals surface area contributed by atoms with Crippen LogP contribution in [0.2, 0.25) is 0 Å². The third kappa shape index (κ3) is 19.9. The number of methoxy groups -OCH3 is 1. The van der Waals surface area contributed by atoms with Gasteiger partial charge in [0.15, 0.2) is 12.6 Å². The van der Waals surface area contributed by atoms with Crippen molar-refractivity contribution >= 4 is 23.8 Å². The highest BCUT2D eigenvalue weighted by Gasteiger charge is 2.53. The van der Waals surface area contributed by atoms with Crippen molar-refractivity contribution in [2.24, 2.45) is 17.8 Å². The topological polar surface area (TPSA) is 284 Å². The highest BCUT2D eigenvalue weighted by Crippen LogP contribution is 2.40. The van der Waals surface area contributed by atoms with Crippen molar-refractivity contribution in [3.63, 3.8) is 0 Å². The number of likely N-dealkylation sites (N-methyl/N-ethyl adjacent to an activating group) is 1. The molecular weight excluding hydrogens is 951 g/mol. The Morgan fingerprint density at radius 2 is 1.48 bits per heavy atom. The summed E-state index contributed by atoms with van der Waals surface area (Å²) in [6.07, 6.45) is -7.38. The third-order valence-electron chi connectivity index (χ3n) is 14.5. The Morgan fingerprint density at radius 1 is 0.890 bits per heavy atom. The van der Waals surface area contributed by atoms with Gasteiger partial charge in [-0.1, -0.05) is 51.1 Å². The number of benzene rings is 1. The minimum atomic E-state index is -1.90. The summed E-state index contributed by atoms with van der Waals surface area (Å²) in [5.74, 6) is -4.56. The first-order chi connectivity index (χ1) is 33.8. The molecule has 3 saturated heterocycles.